The van der Waals surface area contributed by atoms with Gasteiger partial charge in [0.25, 0.3) is 5.91 Å². The molecule has 1 saturated heterocycles. The SMILES string of the molecule is CC(C)CNC(=O)COC(=O)C1CCN(S(=O)(=O)c2cccnc2)CC1. The largest absolute Gasteiger partial charge is 0.455 e. The van der Waals surface area contributed by atoms with Gasteiger partial charge in [0.15, 0.2) is 6.61 Å². The molecule has 9 heteroatoms. The van der Waals surface area contributed by atoms with Gasteiger partial charge in [0.1, 0.15) is 4.90 Å². The predicted molar refractivity (Wildman–Crippen MR) is 94.5 cm³/mol. The minimum atomic E-state index is -3.60. The molecular formula is C17H25N3O5S. The zero-order valence-electron chi connectivity index (χ0n) is 15.1. The highest BCUT2D eigenvalue weighted by molar-refractivity contribution is 7.89. The smallest absolute Gasteiger partial charge is 0.309 e. The molecule has 0 aliphatic carbocycles. The number of ether oxygens (including phenoxy) is 1. The Labute approximate surface area is 154 Å². The normalized spacial score (nSPS) is 16.4. The van der Waals surface area contributed by atoms with E-state index in [1.165, 1.54) is 22.8 Å². The van der Waals surface area contributed by atoms with Gasteiger partial charge in [0.05, 0.1) is 5.92 Å². The second kappa shape index (κ2) is 9.09. The number of amides is 1. The second-order valence-electron chi connectivity index (χ2n) is 6.67. The van der Waals surface area contributed by atoms with Crippen molar-refractivity contribution in [3.63, 3.8) is 0 Å². The van der Waals surface area contributed by atoms with Crippen LogP contribution in [0.25, 0.3) is 0 Å². The molecule has 1 aliphatic rings. The van der Waals surface area contributed by atoms with Crippen LogP contribution in [0.2, 0.25) is 0 Å². The lowest BCUT2D eigenvalue weighted by molar-refractivity contribution is -0.153. The molecule has 0 radical (unpaired) electrons. The summed E-state index contributed by atoms with van der Waals surface area (Å²) in [4.78, 5) is 27.7. The first-order chi connectivity index (χ1) is 12.3. The molecule has 0 unspecified atom stereocenters. The number of nitrogens with one attached hydrogen (secondary N) is 1. The first kappa shape index (κ1) is 20.3. The maximum Gasteiger partial charge on any atom is 0.309 e. The molecule has 1 amide bonds. The quantitative estimate of drug-likeness (QED) is 0.698. The standard InChI is InChI=1S/C17H25N3O5S/c1-13(2)10-19-16(21)12-25-17(22)14-5-8-20(9-6-14)26(23,24)15-4-3-7-18-11-15/h3-4,7,11,13-14H,5-6,8-10,12H2,1-2H3,(H,19,21). The molecule has 0 bridgehead atoms. The third-order valence-corrected chi connectivity index (χ3v) is 5.99. The van der Waals surface area contributed by atoms with Gasteiger partial charge in [-0.1, -0.05) is 13.8 Å². The molecule has 1 aromatic heterocycles. The van der Waals surface area contributed by atoms with E-state index in [1.54, 1.807) is 6.07 Å². The summed E-state index contributed by atoms with van der Waals surface area (Å²) in [6.45, 7) is 4.63. The van der Waals surface area contributed by atoms with Crippen molar-refractivity contribution in [3.8, 4) is 0 Å². The minimum absolute atomic E-state index is 0.142. The Hall–Kier alpha value is -2.00. The number of pyridine rings is 1. The lowest BCUT2D eigenvalue weighted by Gasteiger charge is -2.29. The molecule has 26 heavy (non-hydrogen) atoms. The van der Waals surface area contributed by atoms with Gasteiger partial charge in [-0.25, -0.2) is 8.42 Å². The monoisotopic (exact) mass is 383 g/mol. The molecule has 8 nitrogen and oxygen atoms in total. The van der Waals surface area contributed by atoms with E-state index >= 15 is 0 Å². The molecule has 0 spiro atoms. The predicted octanol–water partition coefficient (Wildman–Crippen LogP) is 0.798. The van der Waals surface area contributed by atoms with Crippen LogP contribution in [0.4, 0.5) is 0 Å². The van der Waals surface area contributed by atoms with Crippen molar-refractivity contribution in [1.29, 1.82) is 0 Å². The summed E-state index contributed by atoms with van der Waals surface area (Å²) in [5.41, 5.74) is 0. The maximum absolute atomic E-state index is 12.5. The molecule has 1 aliphatic heterocycles. The number of rotatable bonds is 7. The molecule has 144 valence electrons. The molecule has 1 aromatic rings. The molecule has 2 heterocycles. The zero-order valence-corrected chi connectivity index (χ0v) is 15.9. The van der Waals surface area contributed by atoms with Crippen molar-refractivity contribution in [2.24, 2.45) is 11.8 Å². The van der Waals surface area contributed by atoms with Gasteiger partial charge in [0.2, 0.25) is 10.0 Å². The fourth-order valence-electron chi connectivity index (χ4n) is 2.60. The Morgan fingerprint density at radius 1 is 1.35 bits per heavy atom. The van der Waals surface area contributed by atoms with E-state index in [4.69, 9.17) is 4.74 Å². The van der Waals surface area contributed by atoms with Crippen molar-refractivity contribution < 1.29 is 22.7 Å². The van der Waals surface area contributed by atoms with Crippen LogP contribution in [0.5, 0.6) is 0 Å². The highest BCUT2D eigenvalue weighted by Crippen LogP contribution is 2.24. The number of carbonyl (C=O) groups excluding carboxylic acids is 2. The summed E-state index contributed by atoms with van der Waals surface area (Å²) in [7, 11) is -3.60. The van der Waals surface area contributed by atoms with Gasteiger partial charge >= 0.3 is 5.97 Å². The van der Waals surface area contributed by atoms with Crippen LogP contribution >= 0.6 is 0 Å². The average Bonchev–Trinajstić information content (AvgIpc) is 2.65. The third kappa shape index (κ3) is 5.50. The first-order valence-electron chi connectivity index (χ1n) is 8.64. The van der Waals surface area contributed by atoms with Crippen molar-refractivity contribution in [2.75, 3.05) is 26.2 Å². The van der Waals surface area contributed by atoms with Gasteiger partial charge in [-0.3, -0.25) is 14.6 Å². The van der Waals surface area contributed by atoms with E-state index in [1.807, 2.05) is 13.8 Å². The summed E-state index contributed by atoms with van der Waals surface area (Å²) in [5.74, 6) is -0.860. The van der Waals surface area contributed by atoms with E-state index in [9.17, 15) is 18.0 Å². The summed E-state index contributed by atoms with van der Waals surface area (Å²) in [5, 5.41) is 2.68. The fourth-order valence-corrected chi connectivity index (χ4v) is 4.04. The van der Waals surface area contributed by atoms with Crippen LogP contribution < -0.4 is 5.32 Å². The molecule has 1 N–H and O–H groups in total. The van der Waals surface area contributed by atoms with E-state index in [0.717, 1.165) is 0 Å². The summed E-state index contributed by atoms with van der Waals surface area (Å²) >= 11 is 0. The van der Waals surface area contributed by atoms with Gasteiger partial charge in [-0.2, -0.15) is 4.31 Å². The number of nitrogens with zero attached hydrogens (tertiary/aromatic N) is 2. The molecule has 0 saturated carbocycles. The van der Waals surface area contributed by atoms with Crippen molar-refractivity contribution in [3.05, 3.63) is 24.5 Å². The number of esters is 1. The lowest BCUT2D eigenvalue weighted by Crippen LogP contribution is -2.41. The molecule has 2 rings (SSSR count). The van der Waals surface area contributed by atoms with E-state index in [0.29, 0.717) is 25.3 Å². The molecule has 0 atom stereocenters. The maximum atomic E-state index is 12.5. The number of hydrogen-bond acceptors (Lipinski definition) is 6. The zero-order chi connectivity index (χ0) is 19.2. The second-order valence-corrected chi connectivity index (χ2v) is 8.61. The van der Waals surface area contributed by atoms with Crippen molar-refractivity contribution in [2.45, 2.75) is 31.6 Å². The van der Waals surface area contributed by atoms with Crippen LogP contribution in [0, 0.1) is 11.8 Å². The summed E-state index contributed by atoms with van der Waals surface area (Å²) in [6, 6.07) is 3.07. The number of carbonyl (C=O) groups is 2. The van der Waals surface area contributed by atoms with Crippen LogP contribution in [0.15, 0.2) is 29.4 Å². The molecule has 0 aromatic carbocycles. The highest BCUT2D eigenvalue weighted by atomic mass is 32.2. The summed E-state index contributed by atoms with van der Waals surface area (Å²) < 4.78 is 31.4. The lowest BCUT2D eigenvalue weighted by atomic mass is 9.98. The van der Waals surface area contributed by atoms with Gasteiger partial charge < -0.3 is 10.1 Å². The number of hydrogen-bond donors (Lipinski definition) is 1. The van der Waals surface area contributed by atoms with E-state index in [2.05, 4.69) is 10.3 Å². The van der Waals surface area contributed by atoms with E-state index in [-0.39, 0.29) is 30.5 Å². The Morgan fingerprint density at radius 2 is 2.04 bits per heavy atom. The van der Waals surface area contributed by atoms with Gasteiger partial charge in [0, 0.05) is 32.0 Å². The topological polar surface area (TPSA) is 106 Å². The number of piperidine rings is 1. The van der Waals surface area contributed by atoms with Crippen LogP contribution in [-0.2, 0) is 24.3 Å². The average molecular weight is 383 g/mol. The number of aromatic nitrogens is 1. The third-order valence-electron chi connectivity index (χ3n) is 4.11. The summed E-state index contributed by atoms with van der Waals surface area (Å²) in [6.07, 6.45) is 3.56. The van der Waals surface area contributed by atoms with E-state index < -0.39 is 21.9 Å². The Kier molecular flexibility index (Phi) is 7.10. The van der Waals surface area contributed by atoms with Crippen molar-refractivity contribution >= 4 is 21.9 Å². The number of sulfonamides is 1. The minimum Gasteiger partial charge on any atom is -0.455 e. The fraction of sp³-hybridized carbons (Fsp3) is 0.588. The Morgan fingerprint density at radius 3 is 2.62 bits per heavy atom. The van der Waals surface area contributed by atoms with Crippen LogP contribution in [0.1, 0.15) is 26.7 Å². The van der Waals surface area contributed by atoms with Gasteiger partial charge in [-0.15, -0.1) is 0 Å². The van der Waals surface area contributed by atoms with Crippen LogP contribution in [-0.4, -0.2) is 55.8 Å². The molecular weight excluding hydrogens is 358 g/mol. The highest BCUT2D eigenvalue weighted by Gasteiger charge is 2.33. The van der Waals surface area contributed by atoms with Crippen molar-refractivity contribution in [1.82, 2.24) is 14.6 Å². The van der Waals surface area contributed by atoms with Gasteiger partial charge in [-0.05, 0) is 30.9 Å². The first-order valence-corrected chi connectivity index (χ1v) is 10.1. The Balaban J connectivity index is 1.81. The molecule has 1 fully saturated rings. The Bertz CT molecular complexity index is 713. The van der Waals surface area contributed by atoms with Crippen LogP contribution in [0.3, 0.4) is 0 Å².